The summed E-state index contributed by atoms with van der Waals surface area (Å²) >= 11 is 12.2. The predicted molar refractivity (Wildman–Crippen MR) is 122 cm³/mol. The van der Waals surface area contributed by atoms with Gasteiger partial charge in [0.15, 0.2) is 11.5 Å². The first-order chi connectivity index (χ1) is 14.6. The van der Waals surface area contributed by atoms with E-state index in [1.807, 2.05) is 42.5 Å². The molecule has 0 aliphatic rings. The van der Waals surface area contributed by atoms with E-state index in [1.165, 1.54) is 5.56 Å². The summed E-state index contributed by atoms with van der Waals surface area (Å²) in [5, 5.41) is 4.64. The second-order valence-corrected chi connectivity index (χ2v) is 7.59. The normalized spacial score (nSPS) is 10.7. The number of para-hydroxylation sites is 1. The van der Waals surface area contributed by atoms with Gasteiger partial charge in [-0.1, -0.05) is 53.5 Å². The Hall–Kier alpha value is -2.40. The summed E-state index contributed by atoms with van der Waals surface area (Å²) in [6.45, 7) is 1.91. The molecule has 0 atom stereocenters. The van der Waals surface area contributed by atoms with Crippen LogP contribution in [0.5, 0.6) is 17.2 Å². The third-order valence-corrected chi connectivity index (χ3v) is 5.31. The van der Waals surface area contributed by atoms with E-state index >= 15 is 0 Å². The monoisotopic (exact) mass is 445 g/mol. The zero-order valence-corrected chi connectivity index (χ0v) is 18.6. The van der Waals surface area contributed by atoms with Crippen molar-refractivity contribution in [2.24, 2.45) is 0 Å². The number of ether oxygens (including phenoxy) is 3. The van der Waals surface area contributed by atoms with Gasteiger partial charge in [-0.05, 0) is 54.4 Å². The van der Waals surface area contributed by atoms with Crippen molar-refractivity contribution in [1.82, 2.24) is 5.32 Å². The van der Waals surface area contributed by atoms with Crippen LogP contribution in [0.2, 0.25) is 10.0 Å². The summed E-state index contributed by atoms with van der Waals surface area (Å²) in [6, 6.07) is 19.4. The molecule has 0 unspecified atom stereocenters. The van der Waals surface area contributed by atoms with Crippen LogP contribution in [0.3, 0.4) is 0 Å². The minimum atomic E-state index is 0.336. The van der Waals surface area contributed by atoms with Crippen LogP contribution in [0.15, 0.2) is 60.7 Å². The van der Waals surface area contributed by atoms with Gasteiger partial charge in [-0.2, -0.15) is 0 Å². The van der Waals surface area contributed by atoms with Crippen LogP contribution in [-0.2, 0) is 19.6 Å². The first kappa shape index (κ1) is 22.3. The van der Waals surface area contributed by atoms with Gasteiger partial charge in [-0.15, -0.1) is 0 Å². The van der Waals surface area contributed by atoms with Crippen LogP contribution >= 0.6 is 23.2 Å². The van der Waals surface area contributed by atoms with Crippen LogP contribution in [0.1, 0.15) is 16.7 Å². The lowest BCUT2D eigenvalue weighted by atomic mass is 10.1. The Labute approximate surface area is 187 Å². The average molecular weight is 446 g/mol. The molecule has 3 aromatic carbocycles. The number of hydrogen-bond donors (Lipinski definition) is 1. The third-order valence-electron chi connectivity index (χ3n) is 4.72. The fraction of sp³-hybridized carbons (Fsp3) is 0.250. The summed E-state index contributed by atoms with van der Waals surface area (Å²) in [5.41, 5.74) is 3.17. The standard InChI is InChI=1S/C24H25Cl2NO3/c1-28-22-6-4-3-5-18(22)11-12-27-15-17-7-10-23(24(13-17)29-2)30-16-19-8-9-20(25)14-21(19)26/h3-10,13-14,27H,11-12,15-16H2,1-2H3. The molecular weight excluding hydrogens is 421 g/mol. The zero-order valence-electron chi connectivity index (χ0n) is 17.1. The van der Waals surface area contributed by atoms with Crippen LogP contribution in [0.25, 0.3) is 0 Å². The Morgan fingerprint density at radius 3 is 2.37 bits per heavy atom. The van der Waals surface area contributed by atoms with Crippen molar-refractivity contribution >= 4 is 23.2 Å². The molecule has 0 spiro atoms. The molecule has 0 aliphatic carbocycles. The van der Waals surface area contributed by atoms with E-state index < -0.39 is 0 Å². The molecule has 0 fully saturated rings. The van der Waals surface area contributed by atoms with Crippen molar-refractivity contribution in [3.63, 3.8) is 0 Å². The fourth-order valence-corrected chi connectivity index (χ4v) is 3.56. The SMILES string of the molecule is COc1ccccc1CCNCc1ccc(OCc2ccc(Cl)cc2Cl)c(OC)c1. The number of hydrogen-bond acceptors (Lipinski definition) is 4. The number of methoxy groups -OCH3 is 2. The van der Waals surface area contributed by atoms with Gasteiger partial charge in [-0.3, -0.25) is 0 Å². The largest absolute Gasteiger partial charge is 0.496 e. The predicted octanol–water partition coefficient (Wildman–Crippen LogP) is 5.92. The maximum Gasteiger partial charge on any atom is 0.161 e. The molecule has 0 bridgehead atoms. The lowest BCUT2D eigenvalue weighted by Gasteiger charge is -2.14. The summed E-state index contributed by atoms with van der Waals surface area (Å²) in [4.78, 5) is 0. The van der Waals surface area contributed by atoms with Gasteiger partial charge in [0.2, 0.25) is 0 Å². The molecule has 0 heterocycles. The second-order valence-electron chi connectivity index (χ2n) is 6.75. The van der Waals surface area contributed by atoms with E-state index in [2.05, 4.69) is 11.4 Å². The van der Waals surface area contributed by atoms with Crippen LogP contribution in [-0.4, -0.2) is 20.8 Å². The topological polar surface area (TPSA) is 39.7 Å². The highest BCUT2D eigenvalue weighted by molar-refractivity contribution is 6.35. The van der Waals surface area contributed by atoms with Crippen molar-refractivity contribution in [3.8, 4) is 17.2 Å². The highest BCUT2D eigenvalue weighted by atomic mass is 35.5. The molecule has 6 heteroatoms. The lowest BCUT2D eigenvalue weighted by Crippen LogP contribution is -2.17. The Morgan fingerprint density at radius 1 is 0.800 bits per heavy atom. The van der Waals surface area contributed by atoms with E-state index in [0.29, 0.717) is 28.2 Å². The third kappa shape index (κ3) is 6.05. The van der Waals surface area contributed by atoms with E-state index in [4.69, 9.17) is 37.4 Å². The number of benzene rings is 3. The highest BCUT2D eigenvalue weighted by Crippen LogP contribution is 2.30. The lowest BCUT2D eigenvalue weighted by molar-refractivity contribution is 0.284. The van der Waals surface area contributed by atoms with E-state index in [9.17, 15) is 0 Å². The number of nitrogens with one attached hydrogen (secondary N) is 1. The Balaban J connectivity index is 1.54. The summed E-state index contributed by atoms with van der Waals surface area (Å²) < 4.78 is 16.8. The van der Waals surface area contributed by atoms with E-state index in [-0.39, 0.29) is 0 Å². The summed E-state index contributed by atoms with van der Waals surface area (Å²) in [7, 11) is 3.33. The first-order valence-electron chi connectivity index (χ1n) is 9.67. The molecule has 1 N–H and O–H groups in total. The minimum Gasteiger partial charge on any atom is -0.496 e. The maximum atomic E-state index is 6.22. The molecular formula is C24H25Cl2NO3. The highest BCUT2D eigenvalue weighted by Gasteiger charge is 2.09. The molecule has 30 heavy (non-hydrogen) atoms. The minimum absolute atomic E-state index is 0.336. The zero-order chi connectivity index (χ0) is 21.3. The van der Waals surface area contributed by atoms with E-state index in [0.717, 1.165) is 36.4 Å². The van der Waals surface area contributed by atoms with Crippen LogP contribution < -0.4 is 19.5 Å². The van der Waals surface area contributed by atoms with Gasteiger partial charge in [0.25, 0.3) is 0 Å². The number of rotatable bonds is 10. The molecule has 3 rings (SSSR count). The van der Waals surface area contributed by atoms with Gasteiger partial charge in [-0.25, -0.2) is 0 Å². The van der Waals surface area contributed by atoms with Gasteiger partial charge in [0, 0.05) is 22.2 Å². The second kappa shape index (κ2) is 11.1. The molecule has 4 nitrogen and oxygen atoms in total. The molecule has 0 aliphatic heterocycles. The van der Waals surface area contributed by atoms with Gasteiger partial charge in [0.1, 0.15) is 12.4 Å². The quantitative estimate of drug-likeness (QED) is 0.393. The van der Waals surface area contributed by atoms with Gasteiger partial charge >= 0.3 is 0 Å². The molecule has 0 saturated heterocycles. The molecule has 0 amide bonds. The van der Waals surface area contributed by atoms with Crippen LogP contribution in [0.4, 0.5) is 0 Å². The Bertz CT molecular complexity index is 978. The maximum absolute atomic E-state index is 6.22. The summed E-state index contributed by atoms with van der Waals surface area (Å²) in [6.07, 6.45) is 0.893. The molecule has 0 aromatic heterocycles. The molecule has 3 aromatic rings. The molecule has 0 saturated carbocycles. The fourth-order valence-electron chi connectivity index (χ4n) is 3.10. The van der Waals surface area contributed by atoms with Crippen LogP contribution in [0, 0.1) is 0 Å². The van der Waals surface area contributed by atoms with Gasteiger partial charge < -0.3 is 19.5 Å². The van der Waals surface area contributed by atoms with Crippen molar-refractivity contribution in [2.75, 3.05) is 20.8 Å². The summed E-state index contributed by atoms with van der Waals surface area (Å²) in [5.74, 6) is 2.27. The van der Waals surface area contributed by atoms with E-state index in [1.54, 1.807) is 26.4 Å². The molecule has 0 radical (unpaired) electrons. The average Bonchev–Trinajstić information content (AvgIpc) is 2.76. The van der Waals surface area contributed by atoms with Crippen molar-refractivity contribution in [3.05, 3.63) is 87.4 Å². The Kier molecular flexibility index (Phi) is 8.26. The number of halogens is 2. The Morgan fingerprint density at radius 2 is 1.60 bits per heavy atom. The van der Waals surface area contributed by atoms with Crippen molar-refractivity contribution in [2.45, 2.75) is 19.6 Å². The molecule has 158 valence electrons. The first-order valence-corrected chi connectivity index (χ1v) is 10.4. The van der Waals surface area contributed by atoms with Gasteiger partial charge in [0.05, 0.1) is 14.2 Å². The van der Waals surface area contributed by atoms with Crippen molar-refractivity contribution < 1.29 is 14.2 Å². The smallest absolute Gasteiger partial charge is 0.161 e. The van der Waals surface area contributed by atoms with Crippen molar-refractivity contribution in [1.29, 1.82) is 0 Å².